The molecule has 3 nitrogen and oxygen atoms in total. The second kappa shape index (κ2) is 4.09. The Morgan fingerprint density at radius 3 is 2.31 bits per heavy atom. The van der Waals surface area contributed by atoms with Crippen molar-refractivity contribution in [1.82, 2.24) is 5.32 Å². The standard InChI is InChI=1S/C10H20N2O/c1-6(2)9(10(11)13)12-8-4-7(3)5-8/h6-9,12H,4-5H2,1-3H3,(H2,11,13). The first kappa shape index (κ1) is 10.5. The lowest BCUT2D eigenvalue weighted by Crippen LogP contribution is -2.53. The number of carbonyl (C=O) groups excluding carboxylic acids is 1. The summed E-state index contributed by atoms with van der Waals surface area (Å²) in [6, 6.07) is 0.354. The molecule has 1 atom stereocenters. The minimum Gasteiger partial charge on any atom is -0.368 e. The van der Waals surface area contributed by atoms with Gasteiger partial charge in [0, 0.05) is 6.04 Å². The van der Waals surface area contributed by atoms with E-state index in [1.54, 1.807) is 0 Å². The van der Waals surface area contributed by atoms with Gasteiger partial charge in [0.05, 0.1) is 6.04 Å². The molecule has 1 unspecified atom stereocenters. The molecular formula is C10H20N2O. The van der Waals surface area contributed by atoms with Gasteiger partial charge in [-0.25, -0.2) is 0 Å². The van der Waals surface area contributed by atoms with Crippen LogP contribution in [0.3, 0.4) is 0 Å². The Labute approximate surface area is 80.1 Å². The molecule has 0 heterocycles. The maximum Gasteiger partial charge on any atom is 0.234 e. The van der Waals surface area contributed by atoms with Gasteiger partial charge in [-0.2, -0.15) is 0 Å². The molecule has 0 bridgehead atoms. The number of nitrogens with two attached hydrogens (primary N) is 1. The van der Waals surface area contributed by atoms with Crippen molar-refractivity contribution in [3.05, 3.63) is 0 Å². The van der Waals surface area contributed by atoms with E-state index in [2.05, 4.69) is 12.2 Å². The van der Waals surface area contributed by atoms with Gasteiger partial charge < -0.3 is 11.1 Å². The van der Waals surface area contributed by atoms with Gasteiger partial charge in [0.15, 0.2) is 0 Å². The van der Waals surface area contributed by atoms with E-state index in [4.69, 9.17) is 5.73 Å². The average molecular weight is 184 g/mol. The Morgan fingerprint density at radius 2 is 2.00 bits per heavy atom. The summed E-state index contributed by atoms with van der Waals surface area (Å²) in [5.41, 5.74) is 5.30. The third-order valence-corrected chi connectivity index (χ3v) is 2.76. The van der Waals surface area contributed by atoms with Crippen LogP contribution in [0, 0.1) is 11.8 Å². The Morgan fingerprint density at radius 1 is 1.46 bits per heavy atom. The lowest BCUT2D eigenvalue weighted by atomic mass is 9.81. The first-order chi connectivity index (χ1) is 6.00. The van der Waals surface area contributed by atoms with Crippen LogP contribution < -0.4 is 11.1 Å². The number of rotatable bonds is 4. The van der Waals surface area contributed by atoms with Gasteiger partial charge in [0.25, 0.3) is 0 Å². The zero-order valence-electron chi connectivity index (χ0n) is 8.71. The highest BCUT2D eigenvalue weighted by atomic mass is 16.1. The van der Waals surface area contributed by atoms with Crippen molar-refractivity contribution in [2.45, 2.75) is 45.7 Å². The van der Waals surface area contributed by atoms with E-state index in [0.29, 0.717) is 6.04 Å². The number of primary amides is 1. The minimum atomic E-state index is -0.227. The van der Waals surface area contributed by atoms with Gasteiger partial charge in [0.2, 0.25) is 5.91 Å². The molecule has 0 saturated heterocycles. The van der Waals surface area contributed by atoms with Crippen LogP contribution in [0.5, 0.6) is 0 Å². The van der Waals surface area contributed by atoms with Crippen molar-refractivity contribution in [2.75, 3.05) is 0 Å². The minimum absolute atomic E-state index is 0.155. The van der Waals surface area contributed by atoms with E-state index in [9.17, 15) is 4.79 Å². The zero-order chi connectivity index (χ0) is 10.0. The second-order valence-corrected chi connectivity index (χ2v) is 4.56. The summed E-state index contributed by atoms with van der Waals surface area (Å²) in [6.07, 6.45) is 2.35. The topological polar surface area (TPSA) is 55.1 Å². The first-order valence-electron chi connectivity index (χ1n) is 5.06. The highest BCUT2D eigenvalue weighted by Gasteiger charge is 2.30. The van der Waals surface area contributed by atoms with Crippen LogP contribution >= 0.6 is 0 Å². The largest absolute Gasteiger partial charge is 0.368 e. The van der Waals surface area contributed by atoms with E-state index in [1.807, 2.05) is 13.8 Å². The van der Waals surface area contributed by atoms with Gasteiger partial charge in [-0.3, -0.25) is 4.79 Å². The molecule has 1 rings (SSSR count). The molecule has 1 aliphatic rings. The summed E-state index contributed by atoms with van der Waals surface area (Å²) in [5.74, 6) is 0.862. The van der Waals surface area contributed by atoms with Gasteiger partial charge in [0.1, 0.15) is 0 Å². The third-order valence-electron chi connectivity index (χ3n) is 2.76. The molecule has 76 valence electrons. The Balaban J connectivity index is 2.35. The van der Waals surface area contributed by atoms with E-state index < -0.39 is 0 Å². The summed E-state index contributed by atoms with van der Waals surface area (Å²) in [4.78, 5) is 11.1. The van der Waals surface area contributed by atoms with Crippen molar-refractivity contribution in [3.63, 3.8) is 0 Å². The molecule has 0 spiro atoms. The van der Waals surface area contributed by atoms with Crippen molar-refractivity contribution in [1.29, 1.82) is 0 Å². The van der Waals surface area contributed by atoms with Gasteiger partial charge in [-0.15, -0.1) is 0 Å². The lowest BCUT2D eigenvalue weighted by molar-refractivity contribution is -0.121. The van der Waals surface area contributed by atoms with Gasteiger partial charge in [-0.1, -0.05) is 20.8 Å². The van der Waals surface area contributed by atoms with Gasteiger partial charge in [-0.05, 0) is 24.7 Å². The predicted molar refractivity (Wildman–Crippen MR) is 53.1 cm³/mol. The maximum absolute atomic E-state index is 11.1. The highest BCUT2D eigenvalue weighted by molar-refractivity contribution is 5.80. The molecule has 0 aromatic carbocycles. The molecule has 0 radical (unpaired) electrons. The van der Waals surface area contributed by atoms with Crippen LogP contribution in [0.25, 0.3) is 0 Å². The second-order valence-electron chi connectivity index (χ2n) is 4.56. The maximum atomic E-state index is 11.1. The molecule has 0 aliphatic heterocycles. The van der Waals surface area contributed by atoms with Crippen molar-refractivity contribution < 1.29 is 4.79 Å². The van der Waals surface area contributed by atoms with Crippen LogP contribution in [0.2, 0.25) is 0 Å². The van der Waals surface area contributed by atoms with E-state index in [-0.39, 0.29) is 17.9 Å². The normalized spacial score (nSPS) is 29.8. The predicted octanol–water partition coefficient (Wildman–Crippen LogP) is 0.884. The van der Waals surface area contributed by atoms with Crippen LogP contribution in [0.1, 0.15) is 33.6 Å². The molecule has 1 saturated carbocycles. The van der Waals surface area contributed by atoms with Crippen LogP contribution in [-0.4, -0.2) is 18.0 Å². The van der Waals surface area contributed by atoms with Crippen LogP contribution in [0.15, 0.2) is 0 Å². The molecule has 3 heteroatoms. The molecule has 13 heavy (non-hydrogen) atoms. The molecule has 1 fully saturated rings. The van der Waals surface area contributed by atoms with Crippen molar-refractivity contribution >= 4 is 5.91 Å². The van der Waals surface area contributed by atoms with Crippen molar-refractivity contribution in [2.24, 2.45) is 17.6 Å². The monoisotopic (exact) mass is 184 g/mol. The number of amides is 1. The lowest BCUT2D eigenvalue weighted by Gasteiger charge is -2.36. The fraction of sp³-hybridized carbons (Fsp3) is 0.900. The molecule has 3 N–H and O–H groups in total. The molecule has 1 amide bonds. The quantitative estimate of drug-likeness (QED) is 0.681. The van der Waals surface area contributed by atoms with E-state index in [0.717, 1.165) is 5.92 Å². The molecule has 0 aromatic heterocycles. The summed E-state index contributed by atoms with van der Waals surface area (Å²) < 4.78 is 0. The number of hydrogen-bond acceptors (Lipinski definition) is 2. The fourth-order valence-electron chi connectivity index (χ4n) is 1.90. The number of hydrogen-bond donors (Lipinski definition) is 2. The highest BCUT2D eigenvalue weighted by Crippen LogP contribution is 2.27. The Kier molecular flexibility index (Phi) is 3.31. The van der Waals surface area contributed by atoms with Gasteiger partial charge >= 0.3 is 0 Å². The van der Waals surface area contributed by atoms with Crippen molar-refractivity contribution in [3.8, 4) is 0 Å². The third kappa shape index (κ3) is 2.69. The Hall–Kier alpha value is -0.570. The Bertz CT molecular complexity index is 185. The SMILES string of the molecule is CC1CC(NC(C(N)=O)C(C)C)C1. The first-order valence-corrected chi connectivity index (χ1v) is 5.06. The molecular weight excluding hydrogens is 164 g/mol. The van der Waals surface area contributed by atoms with E-state index >= 15 is 0 Å². The number of nitrogens with one attached hydrogen (secondary N) is 1. The smallest absolute Gasteiger partial charge is 0.234 e. The zero-order valence-corrected chi connectivity index (χ0v) is 8.71. The summed E-state index contributed by atoms with van der Waals surface area (Å²) in [5, 5.41) is 3.31. The fourth-order valence-corrected chi connectivity index (χ4v) is 1.90. The van der Waals surface area contributed by atoms with Crippen LogP contribution in [-0.2, 0) is 4.79 Å². The van der Waals surface area contributed by atoms with Crippen LogP contribution in [0.4, 0.5) is 0 Å². The summed E-state index contributed by atoms with van der Waals surface area (Å²) in [7, 11) is 0. The van der Waals surface area contributed by atoms with E-state index in [1.165, 1.54) is 12.8 Å². The summed E-state index contributed by atoms with van der Waals surface area (Å²) >= 11 is 0. The molecule has 1 aliphatic carbocycles. The number of carbonyl (C=O) groups is 1. The molecule has 0 aromatic rings. The average Bonchev–Trinajstić information content (AvgIpc) is 1.93. The summed E-state index contributed by atoms with van der Waals surface area (Å²) in [6.45, 7) is 6.27.